The van der Waals surface area contributed by atoms with Crippen LogP contribution in [0.25, 0.3) is 12.7 Å². The molecule has 0 bridgehead atoms. The predicted octanol–water partition coefficient (Wildman–Crippen LogP) is 1.16. The summed E-state index contributed by atoms with van der Waals surface area (Å²) < 4.78 is 0. The van der Waals surface area contributed by atoms with Crippen molar-refractivity contribution in [3.63, 3.8) is 0 Å². The number of nitrogens with zero attached hydrogens (tertiary/aromatic N) is 1. The number of allylic oxidation sites excluding steroid dienone is 2. The molecule has 0 fully saturated rings. The maximum Gasteiger partial charge on any atom is 0.0633 e. The van der Waals surface area contributed by atoms with Crippen molar-refractivity contribution in [2.75, 3.05) is 0 Å². The highest BCUT2D eigenvalue weighted by atomic mass is 14.7. The molecule has 0 saturated carbocycles. The van der Waals surface area contributed by atoms with Crippen molar-refractivity contribution in [1.82, 2.24) is 4.98 Å². The first kappa shape index (κ1) is 8.72. The molecule has 0 atom stereocenters. The molecule has 0 radical (unpaired) electrons. The van der Waals surface area contributed by atoms with Gasteiger partial charge in [0.2, 0.25) is 0 Å². The van der Waals surface area contributed by atoms with Gasteiger partial charge < -0.3 is 0 Å². The molecule has 0 N–H and O–H groups in total. The normalized spacial score (nSPS) is 12.7. The average Bonchev–Trinajstić information content (AvgIpc) is 2.03. The van der Waals surface area contributed by atoms with Crippen LogP contribution in [-0.2, 0) is 0 Å². The van der Waals surface area contributed by atoms with Crippen molar-refractivity contribution in [2.24, 2.45) is 0 Å². The molecule has 0 amide bonds. The first-order valence-corrected chi connectivity index (χ1v) is 3.99. The molecule has 0 aliphatic carbocycles. The third-order valence-electron chi connectivity index (χ3n) is 1.62. The van der Waals surface area contributed by atoms with Crippen LogP contribution in [-0.4, -0.2) is 4.98 Å². The van der Waals surface area contributed by atoms with E-state index in [1.165, 1.54) is 0 Å². The minimum Gasteiger partial charge on any atom is -0.254 e. The highest BCUT2D eigenvalue weighted by Crippen LogP contribution is 1.80. The number of aromatic nitrogens is 1. The summed E-state index contributed by atoms with van der Waals surface area (Å²) in [6, 6.07) is 4.02. The number of rotatable bonds is 1. The van der Waals surface area contributed by atoms with Crippen molar-refractivity contribution < 1.29 is 0 Å². The van der Waals surface area contributed by atoms with Crippen LogP contribution in [0.5, 0.6) is 0 Å². The average molecular weight is 159 g/mol. The van der Waals surface area contributed by atoms with E-state index in [2.05, 4.69) is 11.6 Å². The van der Waals surface area contributed by atoms with Gasteiger partial charge in [-0.2, -0.15) is 0 Å². The van der Waals surface area contributed by atoms with Gasteiger partial charge in [-0.15, -0.1) is 0 Å². The van der Waals surface area contributed by atoms with Gasteiger partial charge in [0.25, 0.3) is 0 Å². The number of hydrogen-bond donors (Lipinski definition) is 0. The molecule has 0 aliphatic rings. The van der Waals surface area contributed by atoms with E-state index in [1.807, 2.05) is 44.2 Å². The van der Waals surface area contributed by atoms with E-state index in [-0.39, 0.29) is 0 Å². The topological polar surface area (TPSA) is 12.9 Å². The van der Waals surface area contributed by atoms with Crippen molar-refractivity contribution in [3.05, 3.63) is 40.5 Å². The molecule has 1 rings (SSSR count). The first-order valence-electron chi connectivity index (χ1n) is 3.99. The molecule has 1 heteroatoms. The second kappa shape index (κ2) is 3.86. The van der Waals surface area contributed by atoms with Crippen LogP contribution in [0.15, 0.2) is 24.3 Å². The standard InChI is InChI=1S/C11H13N/c1-4-5-6-11-8-7-9(2)12-10(11)3/h4-8H,3H2,1-2H3/b5-4-,11-6-. The van der Waals surface area contributed by atoms with Crippen molar-refractivity contribution in [2.45, 2.75) is 13.8 Å². The summed E-state index contributed by atoms with van der Waals surface area (Å²) in [6.45, 7) is 7.81. The second-order valence-electron chi connectivity index (χ2n) is 2.68. The Morgan fingerprint density at radius 3 is 2.75 bits per heavy atom. The van der Waals surface area contributed by atoms with Gasteiger partial charge in [-0.05, 0) is 25.1 Å². The van der Waals surface area contributed by atoms with E-state index in [1.54, 1.807) is 0 Å². The minimum atomic E-state index is 0.841. The summed E-state index contributed by atoms with van der Waals surface area (Å²) in [5.41, 5.74) is 1.01. The summed E-state index contributed by atoms with van der Waals surface area (Å²) in [4.78, 5) is 4.25. The van der Waals surface area contributed by atoms with Gasteiger partial charge in [0, 0.05) is 5.69 Å². The van der Waals surface area contributed by atoms with E-state index in [0.717, 1.165) is 16.3 Å². The molecule has 1 aromatic rings. The first-order chi connectivity index (χ1) is 5.74. The lowest BCUT2D eigenvalue weighted by Gasteiger charge is -1.90. The Hall–Kier alpha value is -1.37. The largest absolute Gasteiger partial charge is 0.254 e. The van der Waals surface area contributed by atoms with Crippen LogP contribution >= 0.6 is 0 Å². The van der Waals surface area contributed by atoms with Gasteiger partial charge in [0.15, 0.2) is 0 Å². The third-order valence-corrected chi connectivity index (χ3v) is 1.62. The van der Waals surface area contributed by atoms with Crippen LogP contribution in [0.4, 0.5) is 0 Å². The molecular formula is C11H13N. The van der Waals surface area contributed by atoms with Gasteiger partial charge in [-0.25, -0.2) is 0 Å². The molecule has 62 valence electrons. The van der Waals surface area contributed by atoms with Crippen molar-refractivity contribution in [1.29, 1.82) is 0 Å². The smallest absolute Gasteiger partial charge is 0.0633 e. The quantitative estimate of drug-likeness (QED) is 0.599. The molecule has 0 aromatic carbocycles. The summed E-state index contributed by atoms with van der Waals surface area (Å²) in [5.74, 6) is 0. The van der Waals surface area contributed by atoms with Gasteiger partial charge in [0.05, 0.1) is 5.35 Å². The molecule has 1 aromatic heterocycles. The predicted molar refractivity (Wildman–Crippen MR) is 53.0 cm³/mol. The summed E-state index contributed by atoms with van der Waals surface area (Å²) in [7, 11) is 0. The lowest BCUT2D eigenvalue weighted by Crippen LogP contribution is -2.26. The number of hydrogen-bond acceptors (Lipinski definition) is 1. The molecule has 0 saturated heterocycles. The summed E-state index contributed by atoms with van der Waals surface area (Å²) in [6.07, 6.45) is 5.98. The SMILES string of the molecule is C=c1nc(C)cc/c1=C/C=C\C. The Bertz CT molecular complexity index is 388. The lowest BCUT2D eigenvalue weighted by molar-refractivity contribution is 1.14. The Labute approximate surface area is 72.8 Å². The van der Waals surface area contributed by atoms with Crippen molar-refractivity contribution in [3.8, 4) is 0 Å². The van der Waals surface area contributed by atoms with E-state index in [4.69, 9.17) is 0 Å². The monoisotopic (exact) mass is 159 g/mol. The highest BCUT2D eigenvalue weighted by molar-refractivity contribution is 5.36. The minimum absolute atomic E-state index is 0.841. The second-order valence-corrected chi connectivity index (χ2v) is 2.68. The molecule has 1 heterocycles. The molecule has 0 aliphatic heterocycles. The van der Waals surface area contributed by atoms with E-state index in [9.17, 15) is 0 Å². The zero-order chi connectivity index (χ0) is 8.97. The van der Waals surface area contributed by atoms with E-state index < -0.39 is 0 Å². The Kier molecular flexibility index (Phi) is 2.81. The van der Waals surface area contributed by atoms with Crippen LogP contribution in [0.1, 0.15) is 12.6 Å². The van der Waals surface area contributed by atoms with Gasteiger partial charge >= 0.3 is 0 Å². The maximum atomic E-state index is 4.25. The van der Waals surface area contributed by atoms with Gasteiger partial charge in [0.1, 0.15) is 0 Å². The van der Waals surface area contributed by atoms with E-state index >= 15 is 0 Å². The zero-order valence-corrected chi connectivity index (χ0v) is 7.54. The van der Waals surface area contributed by atoms with Crippen LogP contribution in [0.3, 0.4) is 0 Å². The summed E-state index contributed by atoms with van der Waals surface area (Å²) >= 11 is 0. The molecule has 0 spiro atoms. The van der Waals surface area contributed by atoms with E-state index in [0.29, 0.717) is 0 Å². The van der Waals surface area contributed by atoms with Gasteiger partial charge in [-0.3, -0.25) is 4.98 Å². The van der Waals surface area contributed by atoms with Crippen LogP contribution in [0, 0.1) is 6.92 Å². The Morgan fingerprint density at radius 2 is 2.17 bits per heavy atom. The maximum absolute atomic E-state index is 4.25. The van der Waals surface area contributed by atoms with Crippen molar-refractivity contribution >= 4 is 12.7 Å². The Morgan fingerprint density at radius 1 is 1.42 bits per heavy atom. The molecular weight excluding hydrogens is 146 g/mol. The highest BCUT2D eigenvalue weighted by Gasteiger charge is 1.84. The fourth-order valence-electron chi connectivity index (χ4n) is 0.973. The Balaban J connectivity index is 3.28. The number of pyridine rings is 1. The fourth-order valence-corrected chi connectivity index (χ4v) is 0.973. The third kappa shape index (κ3) is 2.06. The summed E-state index contributed by atoms with van der Waals surface area (Å²) in [5, 5.41) is 1.92. The zero-order valence-electron chi connectivity index (χ0n) is 7.54. The molecule has 12 heavy (non-hydrogen) atoms. The van der Waals surface area contributed by atoms with Crippen LogP contribution < -0.4 is 10.6 Å². The lowest BCUT2D eigenvalue weighted by atomic mass is 10.3. The van der Waals surface area contributed by atoms with Crippen LogP contribution in [0.2, 0.25) is 0 Å². The molecule has 1 nitrogen and oxygen atoms in total. The fraction of sp³-hybridized carbons (Fsp3) is 0.182. The molecule has 0 unspecified atom stereocenters. The number of aryl methyl sites for hydroxylation is 1. The van der Waals surface area contributed by atoms with Gasteiger partial charge in [-0.1, -0.05) is 30.9 Å².